The zero-order valence-corrected chi connectivity index (χ0v) is 23.1. The normalized spacial score (nSPS) is 18.2. The summed E-state index contributed by atoms with van der Waals surface area (Å²) in [5, 5.41) is 13.6. The van der Waals surface area contributed by atoms with Crippen LogP contribution < -0.4 is 0 Å². The average molecular weight is 571 g/mol. The van der Waals surface area contributed by atoms with E-state index in [0.29, 0.717) is 46.1 Å². The van der Waals surface area contributed by atoms with E-state index in [2.05, 4.69) is 10.6 Å². The van der Waals surface area contributed by atoms with Gasteiger partial charge in [0.1, 0.15) is 11.4 Å². The first kappa shape index (κ1) is 26.0. The van der Waals surface area contributed by atoms with E-state index in [-0.39, 0.29) is 0 Å². The summed E-state index contributed by atoms with van der Waals surface area (Å²) in [5.74, 6) is 1.95. The van der Waals surface area contributed by atoms with Crippen molar-refractivity contribution in [3.63, 3.8) is 0 Å². The second kappa shape index (κ2) is 10.4. The number of aromatic nitrogens is 2. The molecule has 0 bridgehead atoms. The Kier molecular flexibility index (Phi) is 7.10. The van der Waals surface area contributed by atoms with Crippen LogP contribution in [-0.4, -0.2) is 40.8 Å². The Hall–Kier alpha value is -2.26. The van der Waals surface area contributed by atoms with Gasteiger partial charge in [0, 0.05) is 35.6 Å². The molecule has 0 radical (unpaired) electrons. The predicted octanol–water partition coefficient (Wildman–Crippen LogP) is 6.35. The Labute approximate surface area is 234 Å². The Morgan fingerprint density at radius 1 is 0.868 bits per heavy atom. The third-order valence-corrected chi connectivity index (χ3v) is 9.21. The lowest BCUT2D eigenvalue weighted by Crippen LogP contribution is -2.36. The standard InChI is InChI=1S/C29H29Cl2N3O3S/c30-24-8-3-21(4-9-24)29(35,22-5-10-25(31)11-6-22)23-7-12-26-27(17-23)34(28(32-26)20-1-2-20)18-19-13-15-33(16-14-19)38(36)37/h3-12,17,19-20,35H,1-2,13-16,18H2,(H,36,37). The Morgan fingerprint density at radius 3 is 1.95 bits per heavy atom. The molecular weight excluding hydrogens is 541 g/mol. The summed E-state index contributed by atoms with van der Waals surface area (Å²) in [5.41, 5.74) is 2.65. The molecule has 2 N–H and O–H groups in total. The second-order valence-electron chi connectivity index (χ2n) is 10.4. The van der Waals surface area contributed by atoms with Crippen molar-refractivity contribution < 1.29 is 13.9 Å². The minimum absolute atomic E-state index is 0.389. The molecule has 6 rings (SSSR count). The number of rotatable bonds is 7. The van der Waals surface area contributed by atoms with E-state index in [4.69, 9.17) is 28.2 Å². The van der Waals surface area contributed by atoms with Gasteiger partial charge in [-0.25, -0.2) is 13.5 Å². The molecule has 3 aromatic carbocycles. The fourth-order valence-corrected chi connectivity index (χ4v) is 6.38. The highest BCUT2D eigenvalue weighted by Gasteiger charge is 2.36. The SMILES string of the molecule is O=S(O)N1CCC(Cn2c(C3CC3)nc3ccc(C(O)(c4ccc(Cl)cc4)c4ccc(Cl)cc4)cc32)CC1. The van der Waals surface area contributed by atoms with Gasteiger partial charge in [0.15, 0.2) is 0 Å². The van der Waals surface area contributed by atoms with Crippen LogP contribution in [-0.2, 0) is 23.4 Å². The zero-order chi connectivity index (χ0) is 26.4. The van der Waals surface area contributed by atoms with Crippen molar-refractivity contribution in [2.45, 2.75) is 43.7 Å². The third-order valence-electron chi connectivity index (χ3n) is 7.90. The molecule has 1 atom stereocenters. The summed E-state index contributed by atoms with van der Waals surface area (Å²) in [6, 6.07) is 20.6. The lowest BCUT2D eigenvalue weighted by atomic mass is 9.80. The van der Waals surface area contributed by atoms with Gasteiger partial charge in [0.25, 0.3) is 0 Å². The number of piperidine rings is 1. The predicted molar refractivity (Wildman–Crippen MR) is 152 cm³/mol. The number of hydrogen-bond acceptors (Lipinski definition) is 3. The molecule has 1 unspecified atom stereocenters. The topological polar surface area (TPSA) is 78.6 Å². The minimum Gasteiger partial charge on any atom is -0.376 e. The minimum atomic E-state index is -1.91. The van der Waals surface area contributed by atoms with Gasteiger partial charge < -0.3 is 9.67 Å². The summed E-state index contributed by atoms with van der Waals surface area (Å²) in [6.07, 6.45) is 3.99. The monoisotopic (exact) mass is 569 g/mol. The molecule has 4 aromatic rings. The van der Waals surface area contributed by atoms with Gasteiger partial charge in [-0.05, 0) is 84.7 Å². The molecule has 1 aliphatic carbocycles. The van der Waals surface area contributed by atoms with Gasteiger partial charge in [-0.15, -0.1) is 0 Å². The van der Waals surface area contributed by atoms with Crippen LogP contribution in [0.2, 0.25) is 10.0 Å². The average Bonchev–Trinajstić information content (AvgIpc) is 3.71. The number of halogens is 2. The molecule has 0 amide bonds. The summed E-state index contributed by atoms with van der Waals surface area (Å²) >= 11 is 10.5. The largest absolute Gasteiger partial charge is 0.376 e. The Morgan fingerprint density at radius 2 is 1.42 bits per heavy atom. The van der Waals surface area contributed by atoms with Crippen molar-refractivity contribution in [2.75, 3.05) is 13.1 Å². The molecule has 1 saturated carbocycles. The Balaban J connectivity index is 1.44. The van der Waals surface area contributed by atoms with Crippen molar-refractivity contribution in [1.29, 1.82) is 0 Å². The number of imidazole rings is 1. The van der Waals surface area contributed by atoms with Crippen LogP contribution in [0, 0.1) is 5.92 Å². The van der Waals surface area contributed by atoms with Crippen molar-refractivity contribution in [3.05, 3.63) is 99.3 Å². The highest BCUT2D eigenvalue weighted by Crippen LogP contribution is 2.43. The van der Waals surface area contributed by atoms with Gasteiger partial charge >= 0.3 is 0 Å². The summed E-state index contributed by atoms with van der Waals surface area (Å²) in [6.45, 7) is 2.02. The number of nitrogens with zero attached hydrogens (tertiary/aromatic N) is 3. The van der Waals surface area contributed by atoms with Crippen molar-refractivity contribution in [3.8, 4) is 0 Å². The number of aliphatic hydroxyl groups is 1. The van der Waals surface area contributed by atoms with Gasteiger partial charge in [-0.2, -0.15) is 0 Å². The van der Waals surface area contributed by atoms with Crippen LogP contribution in [0.25, 0.3) is 11.0 Å². The molecule has 2 aliphatic rings. The van der Waals surface area contributed by atoms with Gasteiger partial charge in [0.2, 0.25) is 11.3 Å². The Bertz CT molecular complexity index is 1430. The van der Waals surface area contributed by atoms with E-state index in [1.54, 1.807) is 28.6 Å². The molecule has 6 nitrogen and oxygen atoms in total. The summed E-state index contributed by atoms with van der Waals surface area (Å²) in [7, 11) is 0. The molecule has 9 heteroatoms. The van der Waals surface area contributed by atoms with Crippen molar-refractivity contribution in [2.24, 2.45) is 5.92 Å². The fourth-order valence-electron chi connectivity index (χ4n) is 5.60. The van der Waals surface area contributed by atoms with E-state index in [9.17, 15) is 13.9 Å². The highest BCUT2D eigenvalue weighted by molar-refractivity contribution is 7.76. The maximum atomic E-state index is 12.4. The molecule has 0 spiro atoms. The van der Waals surface area contributed by atoms with Crippen molar-refractivity contribution >= 4 is 45.5 Å². The first-order chi connectivity index (χ1) is 18.3. The molecule has 198 valence electrons. The van der Waals surface area contributed by atoms with E-state index in [1.165, 1.54) is 0 Å². The van der Waals surface area contributed by atoms with E-state index < -0.39 is 16.9 Å². The molecule has 1 aliphatic heterocycles. The molecule has 2 heterocycles. The van der Waals surface area contributed by atoms with E-state index >= 15 is 0 Å². The highest BCUT2D eigenvalue weighted by atomic mass is 35.5. The maximum absolute atomic E-state index is 12.4. The number of hydrogen-bond donors (Lipinski definition) is 2. The van der Waals surface area contributed by atoms with E-state index in [0.717, 1.165) is 54.6 Å². The third kappa shape index (κ3) is 4.92. The van der Waals surface area contributed by atoms with Crippen LogP contribution in [0.4, 0.5) is 0 Å². The molecule has 38 heavy (non-hydrogen) atoms. The lowest BCUT2D eigenvalue weighted by molar-refractivity contribution is 0.126. The number of benzene rings is 3. The zero-order valence-electron chi connectivity index (χ0n) is 20.8. The van der Waals surface area contributed by atoms with Crippen LogP contribution in [0.5, 0.6) is 0 Å². The molecular formula is C29H29Cl2N3O3S. The van der Waals surface area contributed by atoms with Gasteiger partial charge in [-0.3, -0.25) is 4.55 Å². The molecule has 1 aromatic heterocycles. The fraction of sp³-hybridized carbons (Fsp3) is 0.345. The first-order valence-corrected chi connectivity index (χ1v) is 14.8. The number of fused-ring (bicyclic) bond motifs is 1. The van der Waals surface area contributed by atoms with Gasteiger partial charge in [0.05, 0.1) is 11.0 Å². The van der Waals surface area contributed by atoms with Gasteiger partial charge in [-0.1, -0.05) is 53.5 Å². The van der Waals surface area contributed by atoms with E-state index in [1.807, 2.05) is 36.4 Å². The van der Waals surface area contributed by atoms with Crippen LogP contribution >= 0.6 is 23.2 Å². The quantitative estimate of drug-likeness (QED) is 0.200. The molecule has 1 saturated heterocycles. The summed E-state index contributed by atoms with van der Waals surface area (Å²) < 4.78 is 24.9. The van der Waals surface area contributed by atoms with Crippen LogP contribution in [0.1, 0.15) is 54.1 Å². The molecule has 2 fully saturated rings. The van der Waals surface area contributed by atoms with Crippen LogP contribution in [0.15, 0.2) is 66.7 Å². The second-order valence-corrected chi connectivity index (χ2v) is 12.2. The smallest absolute Gasteiger partial charge is 0.234 e. The first-order valence-electron chi connectivity index (χ1n) is 12.9. The van der Waals surface area contributed by atoms with Crippen LogP contribution in [0.3, 0.4) is 0 Å². The lowest BCUT2D eigenvalue weighted by Gasteiger charge is -2.31. The van der Waals surface area contributed by atoms with Crippen molar-refractivity contribution in [1.82, 2.24) is 13.9 Å². The maximum Gasteiger partial charge on any atom is 0.234 e. The summed E-state index contributed by atoms with van der Waals surface area (Å²) in [4.78, 5) is 5.02.